The minimum atomic E-state index is -0.149. The highest BCUT2D eigenvalue weighted by Gasteiger charge is 2.24. The van der Waals surface area contributed by atoms with E-state index in [4.69, 9.17) is 9.47 Å². The smallest absolute Gasteiger partial charge is 0.267 e. The Balaban J connectivity index is 1.42. The van der Waals surface area contributed by atoms with Gasteiger partial charge in [0.25, 0.3) is 5.91 Å². The van der Waals surface area contributed by atoms with Gasteiger partial charge in [-0.15, -0.1) is 11.3 Å². The lowest BCUT2D eigenvalue weighted by atomic mass is 10.0. The SMILES string of the molecule is CCOc1ccc2nc(NC(=O)c3cc4c(s3)-c3c(C)cccc3OC4)sc2c1. The molecule has 146 valence electrons. The maximum absolute atomic E-state index is 12.9. The molecule has 1 aliphatic heterocycles. The van der Waals surface area contributed by atoms with Crippen LogP contribution in [-0.4, -0.2) is 17.5 Å². The fourth-order valence-electron chi connectivity index (χ4n) is 3.44. The summed E-state index contributed by atoms with van der Waals surface area (Å²) in [6.07, 6.45) is 0. The molecule has 7 heteroatoms. The first-order valence-electron chi connectivity index (χ1n) is 9.32. The molecule has 4 aromatic rings. The Labute approximate surface area is 175 Å². The van der Waals surface area contributed by atoms with Crippen LogP contribution in [0, 0.1) is 6.92 Å². The van der Waals surface area contributed by atoms with Crippen LogP contribution in [0.3, 0.4) is 0 Å². The number of amides is 1. The lowest BCUT2D eigenvalue weighted by Gasteiger charge is -2.19. The van der Waals surface area contributed by atoms with Crippen LogP contribution in [0.5, 0.6) is 11.5 Å². The summed E-state index contributed by atoms with van der Waals surface area (Å²) in [5.74, 6) is 1.53. The van der Waals surface area contributed by atoms with Crippen LogP contribution in [0.25, 0.3) is 20.7 Å². The predicted molar refractivity (Wildman–Crippen MR) is 118 cm³/mol. The molecule has 0 spiro atoms. The number of carbonyl (C=O) groups excluding carboxylic acids is 1. The monoisotopic (exact) mass is 422 g/mol. The van der Waals surface area contributed by atoms with Gasteiger partial charge in [-0.3, -0.25) is 10.1 Å². The summed E-state index contributed by atoms with van der Waals surface area (Å²) in [5, 5.41) is 3.53. The van der Waals surface area contributed by atoms with Gasteiger partial charge in [-0.25, -0.2) is 4.98 Å². The average Bonchev–Trinajstić information content (AvgIpc) is 3.31. The van der Waals surface area contributed by atoms with Crippen LogP contribution in [-0.2, 0) is 6.61 Å². The van der Waals surface area contributed by atoms with Gasteiger partial charge in [-0.05, 0) is 49.7 Å². The normalized spacial score (nSPS) is 12.2. The number of fused-ring (bicyclic) bond motifs is 4. The third-order valence-corrected chi connectivity index (χ3v) is 6.90. The van der Waals surface area contributed by atoms with E-state index in [2.05, 4.69) is 23.3 Å². The third-order valence-electron chi connectivity index (χ3n) is 4.77. The number of aromatic nitrogens is 1. The molecule has 0 atom stereocenters. The summed E-state index contributed by atoms with van der Waals surface area (Å²) >= 11 is 2.94. The molecule has 2 aromatic heterocycles. The minimum Gasteiger partial charge on any atom is -0.494 e. The van der Waals surface area contributed by atoms with Gasteiger partial charge in [0, 0.05) is 16.0 Å². The van der Waals surface area contributed by atoms with Gasteiger partial charge in [-0.1, -0.05) is 23.5 Å². The van der Waals surface area contributed by atoms with E-state index in [-0.39, 0.29) is 5.91 Å². The molecule has 0 unspecified atom stereocenters. The molecule has 5 rings (SSSR count). The molecule has 0 fully saturated rings. The van der Waals surface area contributed by atoms with Gasteiger partial charge < -0.3 is 9.47 Å². The average molecular weight is 423 g/mol. The lowest BCUT2D eigenvalue weighted by Crippen LogP contribution is -2.09. The van der Waals surface area contributed by atoms with Crippen molar-refractivity contribution in [2.45, 2.75) is 20.5 Å². The highest BCUT2D eigenvalue weighted by molar-refractivity contribution is 7.22. The number of hydrogen-bond acceptors (Lipinski definition) is 6. The number of hydrogen-bond donors (Lipinski definition) is 1. The Hall–Kier alpha value is -2.90. The van der Waals surface area contributed by atoms with Crippen molar-refractivity contribution in [3.63, 3.8) is 0 Å². The second-order valence-corrected chi connectivity index (χ2v) is 8.82. The fourth-order valence-corrected chi connectivity index (χ4v) is 5.51. The highest BCUT2D eigenvalue weighted by Crippen LogP contribution is 2.44. The number of benzene rings is 2. The van der Waals surface area contributed by atoms with Crippen LogP contribution in [0.2, 0.25) is 0 Å². The predicted octanol–water partition coefficient (Wildman–Crippen LogP) is 5.88. The van der Waals surface area contributed by atoms with Crippen LogP contribution in [0.4, 0.5) is 5.13 Å². The number of nitrogens with zero attached hydrogens (tertiary/aromatic N) is 1. The summed E-state index contributed by atoms with van der Waals surface area (Å²) in [7, 11) is 0. The first-order valence-corrected chi connectivity index (χ1v) is 11.0. The van der Waals surface area contributed by atoms with Gasteiger partial charge >= 0.3 is 0 Å². The summed E-state index contributed by atoms with van der Waals surface area (Å²) in [5.41, 5.74) is 4.12. The molecule has 29 heavy (non-hydrogen) atoms. The molecule has 0 radical (unpaired) electrons. The van der Waals surface area contributed by atoms with Crippen molar-refractivity contribution in [2.75, 3.05) is 11.9 Å². The van der Waals surface area contributed by atoms with E-state index < -0.39 is 0 Å². The highest BCUT2D eigenvalue weighted by atomic mass is 32.1. The molecule has 1 amide bonds. The molecular weight excluding hydrogens is 404 g/mol. The van der Waals surface area contributed by atoms with Crippen molar-refractivity contribution in [3.8, 4) is 21.9 Å². The number of thiophene rings is 1. The van der Waals surface area contributed by atoms with E-state index in [1.165, 1.54) is 22.7 Å². The second-order valence-electron chi connectivity index (χ2n) is 6.74. The van der Waals surface area contributed by atoms with Gasteiger partial charge in [0.15, 0.2) is 5.13 Å². The topological polar surface area (TPSA) is 60.5 Å². The molecule has 0 bridgehead atoms. The van der Waals surface area contributed by atoms with Gasteiger partial charge in [-0.2, -0.15) is 0 Å². The van der Waals surface area contributed by atoms with E-state index in [0.717, 1.165) is 43.3 Å². The number of anilines is 1. The third kappa shape index (κ3) is 3.26. The van der Waals surface area contributed by atoms with E-state index >= 15 is 0 Å². The molecule has 2 aromatic carbocycles. The zero-order valence-electron chi connectivity index (χ0n) is 15.9. The largest absolute Gasteiger partial charge is 0.494 e. The molecule has 0 aliphatic carbocycles. The Kier molecular flexibility index (Phi) is 4.49. The Bertz CT molecular complexity index is 1240. The van der Waals surface area contributed by atoms with Crippen molar-refractivity contribution in [1.82, 2.24) is 4.98 Å². The van der Waals surface area contributed by atoms with E-state index in [1.807, 2.05) is 43.3 Å². The fraction of sp³-hybridized carbons (Fsp3) is 0.182. The Morgan fingerprint density at radius 1 is 1.24 bits per heavy atom. The van der Waals surface area contributed by atoms with Gasteiger partial charge in [0.1, 0.15) is 18.1 Å². The molecule has 5 nitrogen and oxygen atoms in total. The molecular formula is C22H18N2O3S2. The number of ether oxygens (including phenoxy) is 2. The summed E-state index contributed by atoms with van der Waals surface area (Å²) in [6.45, 7) is 5.11. The van der Waals surface area contributed by atoms with Crippen LogP contribution in [0.1, 0.15) is 27.7 Å². The maximum atomic E-state index is 12.9. The van der Waals surface area contributed by atoms with E-state index in [0.29, 0.717) is 23.2 Å². The first kappa shape index (κ1) is 18.1. The van der Waals surface area contributed by atoms with E-state index in [1.54, 1.807) is 0 Å². The number of nitrogens with one attached hydrogen (secondary N) is 1. The molecule has 0 saturated heterocycles. The van der Waals surface area contributed by atoms with Crippen LogP contribution in [0.15, 0.2) is 42.5 Å². The van der Waals surface area contributed by atoms with Crippen molar-refractivity contribution < 1.29 is 14.3 Å². The minimum absolute atomic E-state index is 0.149. The summed E-state index contributed by atoms with van der Waals surface area (Å²) < 4.78 is 12.4. The number of rotatable bonds is 4. The molecule has 3 heterocycles. The molecule has 1 N–H and O–H groups in total. The summed E-state index contributed by atoms with van der Waals surface area (Å²) in [6, 6.07) is 13.7. The van der Waals surface area contributed by atoms with Crippen molar-refractivity contribution >= 4 is 43.9 Å². The van der Waals surface area contributed by atoms with Crippen molar-refractivity contribution in [1.29, 1.82) is 0 Å². The maximum Gasteiger partial charge on any atom is 0.267 e. The molecule has 0 saturated carbocycles. The zero-order chi connectivity index (χ0) is 20.0. The van der Waals surface area contributed by atoms with Gasteiger partial charge in [0.2, 0.25) is 0 Å². The van der Waals surface area contributed by atoms with Crippen LogP contribution >= 0.6 is 22.7 Å². The Morgan fingerprint density at radius 3 is 3.00 bits per heavy atom. The zero-order valence-corrected chi connectivity index (χ0v) is 17.6. The Morgan fingerprint density at radius 2 is 2.14 bits per heavy atom. The second kappa shape index (κ2) is 7.17. The summed E-state index contributed by atoms with van der Waals surface area (Å²) in [4.78, 5) is 19.2. The van der Waals surface area contributed by atoms with E-state index in [9.17, 15) is 4.79 Å². The lowest BCUT2D eigenvalue weighted by molar-refractivity contribution is 0.103. The quantitative estimate of drug-likeness (QED) is 0.446. The van der Waals surface area contributed by atoms with Gasteiger partial charge in [0.05, 0.1) is 21.7 Å². The first-order chi connectivity index (χ1) is 14.1. The number of thiazole rings is 1. The molecule has 1 aliphatic rings. The number of aryl methyl sites for hydroxylation is 1. The standard InChI is InChI=1S/C22H18N2O3S2/c1-3-26-14-7-8-15-17(10-14)29-22(23-15)24-21(25)18-9-13-11-27-16-6-4-5-12(2)19(16)20(13)28-18/h4-10H,3,11H2,1-2H3,(H,23,24,25). The number of carbonyl (C=O) groups is 1. The van der Waals surface area contributed by atoms with Crippen molar-refractivity contribution in [2.24, 2.45) is 0 Å². The van der Waals surface area contributed by atoms with Crippen molar-refractivity contribution in [3.05, 3.63) is 58.5 Å². The van der Waals surface area contributed by atoms with Crippen LogP contribution < -0.4 is 14.8 Å².